The van der Waals surface area contributed by atoms with E-state index in [1.807, 2.05) is 0 Å². The maximum Gasteiger partial charge on any atom is 0.255 e. The summed E-state index contributed by atoms with van der Waals surface area (Å²) in [6.07, 6.45) is 3.75. The van der Waals surface area contributed by atoms with E-state index in [9.17, 15) is 14.0 Å². The number of aromatic nitrogens is 2. The molecule has 3 aromatic rings. The van der Waals surface area contributed by atoms with Gasteiger partial charge >= 0.3 is 0 Å². The summed E-state index contributed by atoms with van der Waals surface area (Å²) in [4.78, 5) is 23.9. The van der Waals surface area contributed by atoms with Crippen LogP contribution in [-0.4, -0.2) is 42.7 Å². The summed E-state index contributed by atoms with van der Waals surface area (Å²) in [5, 5.41) is 13.1. The molecule has 0 fully saturated rings. The Bertz CT molecular complexity index is 1060. The Labute approximate surface area is 166 Å². The maximum atomic E-state index is 13.1. The van der Waals surface area contributed by atoms with Gasteiger partial charge in [0.2, 0.25) is 5.91 Å². The van der Waals surface area contributed by atoms with Crippen LogP contribution in [0.25, 0.3) is 23.1 Å². The van der Waals surface area contributed by atoms with E-state index >= 15 is 0 Å². The van der Waals surface area contributed by atoms with Gasteiger partial charge in [-0.1, -0.05) is 18.2 Å². The minimum Gasteiger partial charge on any atom is -0.495 e. The van der Waals surface area contributed by atoms with Gasteiger partial charge in [-0.2, -0.15) is 5.10 Å². The summed E-state index contributed by atoms with van der Waals surface area (Å²) in [5.41, 5.74) is 2.45. The predicted molar refractivity (Wildman–Crippen MR) is 109 cm³/mol. The summed E-state index contributed by atoms with van der Waals surface area (Å²) in [6.45, 7) is 0.211. The minimum atomic E-state index is -0.345. The van der Waals surface area contributed by atoms with Crippen LogP contribution in [-0.2, 0) is 4.79 Å². The number of nitrogens with zero attached hydrogens (tertiary/aromatic N) is 1. The van der Waals surface area contributed by atoms with Crippen molar-refractivity contribution < 1.29 is 18.7 Å². The number of methoxy groups -OCH3 is 1. The number of aromatic amines is 1. The average molecular weight is 396 g/mol. The summed E-state index contributed by atoms with van der Waals surface area (Å²) < 4.78 is 18.6. The Morgan fingerprint density at radius 2 is 1.93 bits per heavy atom. The van der Waals surface area contributed by atoms with Crippen LogP contribution in [0.3, 0.4) is 0 Å². The molecule has 150 valence electrons. The molecule has 0 spiro atoms. The van der Waals surface area contributed by atoms with Crippen LogP contribution < -0.4 is 15.4 Å². The molecule has 3 rings (SSSR count). The Balaban J connectivity index is 1.89. The van der Waals surface area contributed by atoms with Crippen LogP contribution >= 0.6 is 0 Å². The molecule has 0 atom stereocenters. The molecule has 3 N–H and O–H groups in total. The van der Waals surface area contributed by atoms with Crippen molar-refractivity contribution in [3.8, 4) is 5.75 Å². The Hall–Kier alpha value is -3.68. The van der Waals surface area contributed by atoms with Gasteiger partial charge in [-0.05, 0) is 35.9 Å². The predicted octanol–water partition coefficient (Wildman–Crippen LogP) is 2.75. The molecule has 0 unspecified atom stereocenters. The van der Waals surface area contributed by atoms with E-state index in [4.69, 9.17) is 4.74 Å². The second-order valence-electron chi connectivity index (χ2n) is 6.24. The molecule has 2 amide bonds. The van der Waals surface area contributed by atoms with Gasteiger partial charge < -0.3 is 15.4 Å². The zero-order chi connectivity index (χ0) is 20.8. The number of carbonyl (C=O) groups is 2. The van der Waals surface area contributed by atoms with E-state index in [1.54, 1.807) is 43.5 Å². The van der Waals surface area contributed by atoms with Crippen molar-refractivity contribution in [2.75, 3.05) is 20.7 Å². The molecule has 2 aromatic carbocycles. The fourth-order valence-electron chi connectivity index (χ4n) is 2.88. The van der Waals surface area contributed by atoms with Gasteiger partial charge in [0.25, 0.3) is 5.91 Å². The molecule has 29 heavy (non-hydrogen) atoms. The summed E-state index contributed by atoms with van der Waals surface area (Å²) in [5.74, 6) is -0.424. The standard InChI is InChI=1S/C21H21FN4O3/c1-23-18(27)11-12-24-21(28)15-8-10-17-19(20(15)29-2)16(25-26-17)9-5-13-3-6-14(22)7-4-13/h3-10H,11-12H2,1-2H3,(H,23,27)(H,24,28)(H,25,26). The molecule has 0 saturated carbocycles. The van der Waals surface area contributed by atoms with Crippen molar-refractivity contribution in [2.45, 2.75) is 6.42 Å². The number of rotatable bonds is 7. The van der Waals surface area contributed by atoms with E-state index in [-0.39, 0.29) is 30.6 Å². The van der Waals surface area contributed by atoms with Crippen LogP contribution in [0.2, 0.25) is 0 Å². The van der Waals surface area contributed by atoms with E-state index in [1.165, 1.54) is 19.2 Å². The largest absolute Gasteiger partial charge is 0.495 e. The van der Waals surface area contributed by atoms with Crippen molar-refractivity contribution in [3.05, 3.63) is 59.0 Å². The van der Waals surface area contributed by atoms with Gasteiger partial charge in [-0.15, -0.1) is 0 Å². The molecular formula is C21H21FN4O3. The topological polar surface area (TPSA) is 96.1 Å². The lowest BCUT2D eigenvalue weighted by atomic mass is 10.1. The molecule has 8 heteroatoms. The zero-order valence-corrected chi connectivity index (χ0v) is 16.1. The van der Waals surface area contributed by atoms with Gasteiger partial charge in [0.1, 0.15) is 11.6 Å². The fraction of sp³-hybridized carbons (Fsp3) is 0.190. The first-order valence-corrected chi connectivity index (χ1v) is 9.01. The number of nitrogens with one attached hydrogen (secondary N) is 3. The fourth-order valence-corrected chi connectivity index (χ4v) is 2.88. The molecule has 1 heterocycles. The average Bonchev–Trinajstić information content (AvgIpc) is 3.15. The highest BCUT2D eigenvalue weighted by Gasteiger charge is 2.18. The van der Waals surface area contributed by atoms with Crippen LogP contribution in [0.1, 0.15) is 28.0 Å². The number of ether oxygens (including phenoxy) is 1. The highest BCUT2D eigenvalue weighted by molar-refractivity contribution is 6.05. The number of fused-ring (bicyclic) bond motifs is 1. The van der Waals surface area contributed by atoms with Crippen LogP contribution in [0.15, 0.2) is 36.4 Å². The third-order valence-corrected chi connectivity index (χ3v) is 4.38. The lowest BCUT2D eigenvalue weighted by Gasteiger charge is -2.10. The Morgan fingerprint density at radius 3 is 2.62 bits per heavy atom. The van der Waals surface area contributed by atoms with Crippen molar-refractivity contribution in [1.29, 1.82) is 0 Å². The molecule has 1 aromatic heterocycles. The molecule has 0 aliphatic heterocycles. The number of hydrogen-bond acceptors (Lipinski definition) is 4. The smallest absolute Gasteiger partial charge is 0.255 e. The quantitative estimate of drug-likeness (QED) is 0.572. The SMILES string of the molecule is CNC(=O)CCNC(=O)c1ccc2[nH]nc(C=Cc3ccc(F)cc3)c2c1OC. The van der Waals surface area contributed by atoms with Crippen LogP contribution in [0.4, 0.5) is 4.39 Å². The van der Waals surface area contributed by atoms with E-state index in [2.05, 4.69) is 20.8 Å². The van der Waals surface area contributed by atoms with E-state index in [0.717, 1.165) is 5.56 Å². The first-order chi connectivity index (χ1) is 14.0. The Morgan fingerprint density at radius 1 is 1.17 bits per heavy atom. The number of amides is 2. The van der Waals surface area contributed by atoms with Crippen molar-refractivity contribution in [2.24, 2.45) is 0 Å². The normalized spacial score (nSPS) is 11.0. The highest BCUT2D eigenvalue weighted by atomic mass is 19.1. The van der Waals surface area contributed by atoms with Crippen molar-refractivity contribution in [1.82, 2.24) is 20.8 Å². The third-order valence-electron chi connectivity index (χ3n) is 4.38. The molecule has 7 nitrogen and oxygen atoms in total. The van der Waals surface area contributed by atoms with Gasteiger partial charge in [-0.25, -0.2) is 4.39 Å². The van der Waals surface area contributed by atoms with Gasteiger partial charge in [0.15, 0.2) is 0 Å². The molecular weight excluding hydrogens is 375 g/mol. The maximum absolute atomic E-state index is 13.1. The second-order valence-corrected chi connectivity index (χ2v) is 6.24. The molecule has 0 aliphatic rings. The van der Waals surface area contributed by atoms with Gasteiger partial charge in [0, 0.05) is 20.0 Å². The number of H-pyrrole nitrogens is 1. The number of hydrogen-bond donors (Lipinski definition) is 3. The first-order valence-electron chi connectivity index (χ1n) is 9.01. The number of benzene rings is 2. The van der Waals surface area contributed by atoms with Crippen LogP contribution in [0.5, 0.6) is 5.75 Å². The number of carbonyl (C=O) groups excluding carboxylic acids is 2. The Kier molecular flexibility index (Phi) is 6.23. The van der Waals surface area contributed by atoms with E-state index in [0.29, 0.717) is 27.9 Å². The molecule has 0 bridgehead atoms. The number of halogens is 1. The van der Waals surface area contributed by atoms with Crippen molar-refractivity contribution in [3.63, 3.8) is 0 Å². The van der Waals surface area contributed by atoms with Gasteiger partial charge in [0.05, 0.1) is 29.3 Å². The highest BCUT2D eigenvalue weighted by Crippen LogP contribution is 2.32. The first kappa shape index (κ1) is 20.1. The third kappa shape index (κ3) is 4.60. The van der Waals surface area contributed by atoms with E-state index < -0.39 is 0 Å². The molecule has 0 radical (unpaired) electrons. The lowest BCUT2D eigenvalue weighted by molar-refractivity contribution is -0.120. The second kappa shape index (κ2) is 9.01. The lowest BCUT2D eigenvalue weighted by Crippen LogP contribution is -2.29. The van der Waals surface area contributed by atoms with Crippen molar-refractivity contribution >= 4 is 34.9 Å². The summed E-state index contributed by atoms with van der Waals surface area (Å²) in [6, 6.07) is 9.45. The summed E-state index contributed by atoms with van der Waals surface area (Å²) >= 11 is 0. The molecule has 0 aliphatic carbocycles. The van der Waals surface area contributed by atoms with Crippen LogP contribution in [0, 0.1) is 5.82 Å². The minimum absolute atomic E-state index is 0.157. The molecule has 0 saturated heterocycles. The monoisotopic (exact) mass is 396 g/mol. The summed E-state index contributed by atoms with van der Waals surface area (Å²) in [7, 11) is 3.03. The van der Waals surface area contributed by atoms with Gasteiger partial charge in [-0.3, -0.25) is 14.7 Å². The zero-order valence-electron chi connectivity index (χ0n) is 16.1.